The number of fused-ring (bicyclic) bond motifs is 1. The van der Waals surface area contributed by atoms with E-state index in [1.165, 1.54) is 12.1 Å². The average molecular weight is 335 g/mol. The van der Waals surface area contributed by atoms with Gasteiger partial charge in [-0.2, -0.15) is 0 Å². The molecule has 0 aliphatic heterocycles. The number of hydrogen-bond donors (Lipinski definition) is 1. The number of amides is 1. The van der Waals surface area contributed by atoms with Crippen LogP contribution < -0.4 is 5.32 Å². The molecule has 6 heteroatoms. The van der Waals surface area contributed by atoms with Crippen LogP contribution in [0.5, 0.6) is 0 Å². The van der Waals surface area contributed by atoms with E-state index in [1.54, 1.807) is 13.0 Å². The Morgan fingerprint density at radius 1 is 1.38 bits per heavy atom. The largest absolute Gasteiger partial charge is 0.369 e. The third-order valence-corrected chi connectivity index (χ3v) is 4.02. The number of benzene rings is 1. The summed E-state index contributed by atoms with van der Waals surface area (Å²) in [5, 5.41) is 2.86. The molecular weight excluding hydrogens is 309 g/mol. The van der Waals surface area contributed by atoms with E-state index in [4.69, 9.17) is 4.74 Å². The standard InChI is InChI=1S/C18H26FN3O2/c1-12(2)8-10-24-13(3)18(23)20-9-7-17-21-15-6-5-14(19)11-16(15)22(17)4/h5-6,11-13H,7-10H2,1-4H3,(H,20,23)/t13-/m1/s1. The molecular formula is C18H26FN3O2. The van der Waals surface area contributed by atoms with E-state index in [1.807, 2.05) is 11.6 Å². The highest BCUT2D eigenvalue weighted by atomic mass is 19.1. The Hall–Kier alpha value is -1.95. The van der Waals surface area contributed by atoms with Gasteiger partial charge in [0.2, 0.25) is 5.91 Å². The molecule has 0 unspecified atom stereocenters. The van der Waals surface area contributed by atoms with Crippen molar-refractivity contribution in [3.8, 4) is 0 Å². The van der Waals surface area contributed by atoms with Crippen molar-refractivity contribution in [1.29, 1.82) is 0 Å². The monoisotopic (exact) mass is 335 g/mol. The van der Waals surface area contributed by atoms with Crippen molar-refractivity contribution in [2.75, 3.05) is 13.2 Å². The van der Waals surface area contributed by atoms with Crippen LogP contribution in [0.2, 0.25) is 0 Å². The van der Waals surface area contributed by atoms with Gasteiger partial charge in [0, 0.05) is 26.6 Å². The third kappa shape index (κ3) is 4.77. The minimum absolute atomic E-state index is 0.122. The Morgan fingerprint density at radius 2 is 2.12 bits per heavy atom. The molecule has 0 spiro atoms. The second-order valence-electron chi connectivity index (χ2n) is 6.46. The lowest BCUT2D eigenvalue weighted by Gasteiger charge is -2.14. The number of hydrogen-bond acceptors (Lipinski definition) is 3. The van der Waals surface area contributed by atoms with Crippen LogP contribution in [0.3, 0.4) is 0 Å². The molecule has 0 radical (unpaired) electrons. The molecule has 0 fully saturated rings. The number of carbonyl (C=O) groups is 1. The van der Waals surface area contributed by atoms with Crippen LogP contribution in [0, 0.1) is 11.7 Å². The maximum atomic E-state index is 13.3. The number of ether oxygens (including phenoxy) is 1. The fourth-order valence-electron chi connectivity index (χ4n) is 2.43. The number of rotatable bonds is 8. The first-order chi connectivity index (χ1) is 11.4. The van der Waals surface area contributed by atoms with Crippen molar-refractivity contribution in [3.05, 3.63) is 29.8 Å². The summed E-state index contributed by atoms with van der Waals surface area (Å²) in [5.41, 5.74) is 1.51. The van der Waals surface area contributed by atoms with Gasteiger partial charge in [0.1, 0.15) is 17.7 Å². The average Bonchev–Trinajstić information content (AvgIpc) is 2.83. The van der Waals surface area contributed by atoms with Crippen molar-refractivity contribution in [2.45, 2.75) is 39.7 Å². The molecule has 5 nitrogen and oxygen atoms in total. The molecule has 0 aliphatic carbocycles. The van der Waals surface area contributed by atoms with E-state index in [0.717, 1.165) is 23.3 Å². The fourth-order valence-corrected chi connectivity index (χ4v) is 2.43. The molecule has 2 aromatic rings. The summed E-state index contributed by atoms with van der Waals surface area (Å²) in [5.74, 6) is 0.966. The van der Waals surface area contributed by atoms with Crippen molar-refractivity contribution >= 4 is 16.9 Å². The van der Waals surface area contributed by atoms with Crippen molar-refractivity contribution < 1.29 is 13.9 Å². The van der Waals surface area contributed by atoms with E-state index in [0.29, 0.717) is 25.5 Å². The number of imidazole rings is 1. The molecule has 2 rings (SSSR count). The van der Waals surface area contributed by atoms with E-state index < -0.39 is 6.10 Å². The lowest BCUT2D eigenvalue weighted by Crippen LogP contribution is -2.36. The second kappa shape index (κ2) is 8.24. The predicted molar refractivity (Wildman–Crippen MR) is 92.3 cm³/mol. The maximum absolute atomic E-state index is 13.3. The molecule has 1 aromatic heterocycles. The molecule has 0 aliphatic rings. The quantitative estimate of drug-likeness (QED) is 0.807. The first-order valence-electron chi connectivity index (χ1n) is 8.38. The summed E-state index contributed by atoms with van der Waals surface area (Å²) in [6, 6.07) is 4.53. The molecule has 1 N–H and O–H groups in total. The first-order valence-corrected chi connectivity index (χ1v) is 8.38. The van der Waals surface area contributed by atoms with E-state index in [2.05, 4.69) is 24.1 Å². The minimum atomic E-state index is -0.460. The zero-order valence-corrected chi connectivity index (χ0v) is 14.8. The topological polar surface area (TPSA) is 56.1 Å². The van der Waals surface area contributed by atoms with Crippen LogP contribution in [0.25, 0.3) is 11.0 Å². The van der Waals surface area contributed by atoms with Gasteiger partial charge in [-0.15, -0.1) is 0 Å². The molecule has 1 aromatic carbocycles. The summed E-state index contributed by atoms with van der Waals surface area (Å²) in [4.78, 5) is 16.5. The summed E-state index contributed by atoms with van der Waals surface area (Å²) < 4.78 is 20.7. The number of aryl methyl sites for hydroxylation is 1. The number of halogens is 1. The molecule has 24 heavy (non-hydrogen) atoms. The third-order valence-electron chi connectivity index (χ3n) is 4.02. The van der Waals surface area contributed by atoms with Gasteiger partial charge >= 0.3 is 0 Å². The van der Waals surface area contributed by atoms with Crippen molar-refractivity contribution in [1.82, 2.24) is 14.9 Å². The SMILES string of the molecule is CC(C)CCO[C@H](C)C(=O)NCCc1nc2ccc(F)cc2n1C. The maximum Gasteiger partial charge on any atom is 0.248 e. The Balaban J connectivity index is 1.83. The van der Waals surface area contributed by atoms with Crippen molar-refractivity contribution in [2.24, 2.45) is 13.0 Å². The van der Waals surface area contributed by atoms with Gasteiger partial charge in [-0.05, 0) is 37.5 Å². The van der Waals surface area contributed by atoms with Crippen LogP contribution in [0.1, 0.15) is 33.0 Å². The number of nitrogens with zero attached hydrogens (tertiary/aromatic N) is 2. The highest BCUT2D eigenvalue weighted by molar-refractivity contribution is 5.80. The molecule has 1 amide bonds. The summed E-state index contributed by atoms with van der Waals surface area (Å²) in [6.07, 6.45) is 1.06. The van der Waals surface area contributed by atoms with Crippen LogP contribution >= 0.6 is 0 Å². The van der Waals surface area contributed by atoms with Gasteiger partial charge in [0.05, 0.1) is 11.0 Å². The lowest BCUT2D eigenvalue weighted by atomic mass is 10.1. The van der Waals surface area contributed by atoms with Crippen LogP contribution in [0.4, 0.5) is 4.39 Å². The minimum Gasteiger partial charge on any atom is -0.369 e. The van der Waals surface area contributed by atoms with Gasteiger partial charge in [-0.3, -0.25) is 4.79 Å². The number of nitrogens with one attached hydrogen (secondary N) is 1. The predicted octanol–water partition coefficient (Wildman–Crippen LogP) is 2.82. The van der Waals surface area contributed by atoms with Gasteiger partial charge in [0.15, 0.2) is 0 Å². The zero-order chi connectivity index (χ0) is 17.7. The van der Waals surface area contributed by atoms with E-state index >= 15 is 0 Å². The Morgan fingerprint density at radius 3 is 2.83 bits per heavy atom. The fraction of sp³-hybridized carbons (Fsp3) is 0.556. The first kappa shape index (κ1) is 18.4. The molecule has 0 saturated carbocycles. The van der Waals surface area contributed by atoms with Crippen LogP contribution in [0.15, 0.2) is 18.2 Å². The van der Waals surface area contributed by atoms with E-state index in [9.17, 15) is 9.18 Å². The molecule has 132 valence electrons. The normalized spacial score (nSPS) is 12.8. The van der Waals surface area contributed by atoms with E-state index in [-0.39, 0.29) is 11.7 Å². The van der Waals surface area contributed by atoms with Gasteiger partial charge in [-0.25, -0.2) is 9.37 Å². The highest BCUT2D eigenvalue weighted by Gasteiger charge is 2.14. The summed E-state index contributed by atoms with van der Waals surface area (Å²) in [6.45, 7) is 7.06. The number of carbonyl (C=O) groups excluding carboxylic acids is 1. The Labute approximate surface area is 142 Å². The van der Waals surface area contributed by atoms with Crippen LogP contribution in [-0.4, -0.2) is 34.7 Å². The van der Waals surface area contributed by atoms with Crippen molar-refractivity contribution in [3.63, 3.8) is 0 Å². The summed E-state index contributed by atoms with van der Waals surface area (Å²) >= 11 is 0. The second-order valence-corrected chi connectivity index (χ2v) is 6.46. The zero-order valence-electron chi connectivity index (χ0n) is 14.8. The highest BCUT2D eigenvalue weighted by Crippen LogP contribution is 2.16. The Bertz CT molecular complexity index is 697. The smallest absolute Gasteiger partial charge is 0.248 e. The summed E-state index contributed by atoms with van der Waals surface area (Å²) in [7, 11) is 1.85. The van der Waals surface area contributed by atoms with Gasteiger partial charge in [0.25, 0.3) is 0 Å². The van der Waals surface area contributed by atoms with Gasteiger partial charge < -0.3 is 14.6 Å². The Kier molecular flexibility index (Phi) is 6.31. The molecule has 1 atom stereocenters. The lowest BCUT2D eigenvalue weighted by molar-refractivity contribution is -0.131. The molecule has 1 heterocycles. The molecule has 0 bridgehead atoms. The van der Waals surface area contributed by atoms with Crippen LogP contribution in [-0.2, 0) is 23.0 Å². The molecule has 0 saturated heterocycles. The number of aromatic nitrogens is 2. The van der Waals surface area contributed by atoms with Gasteiger partial charge in [-0.1, -0.05) is 13.8 Å².